The van der Waals surface area contributed by atoms with E-state index >= 15 is 0 Å². The molecule has 2 N–H and O–H groups in total. The second-order valence-electron chi connectivity index (χ2n) is 4.53. The van der Waals surface area contributed by atoms with Crippen LogP contribution in [0.2, 0.25) is 5.02 Å². The van der Waals surface area contributed by atoms with E-state index < -0.39 is 0 Å². The van der Waals surface area contributed by atoms with Crippen LogP contribution in [0.5, 0.6) is 0 Å². The van der Waals surface area contributed by atoms with Gasteiger partial charge in [0.25, 0.3) is 0 Å². The minimum Gasteiger partial charge on any atom is -0.397 e. The van der Waals surface area contributed by atoms with Crippen LogP contribution in [0.3, 0.4) is 0 Å². The number of pyridine rings is 1. The Morgan fingerprint density at radius 2 is 1.95 bits per heavy atom. The smallest absolute Gasteiger partial charge is 0.124 e. The highest BCUT2D eigenvalue weighted by atomic mass is 35.5. The number of nitrogens with zero attached hydrogens (tertiary/aromatic N) is 1. The number of rotatable bonds is 1. The summed E-state index contributed by atoms with van der Waals surface area (Å²) in [6.45, 7) is 4.21. The van der Waals surface area contributed by atoms with Gasteiger partial charge in [0.15, 0.2) is 0 Å². The van der Waals surface area contributed by atoms with E-state index in [1.165, 1.54) is 10.4 Å². The Bertz CT molecular complexity index is 777. The van der Waals surface area contributed by atoms with Gasteiger partial charge in [-0.3, -0.25) is 0 Å². The van der Waals surface area contributed by atoms with Crippen LogP contribution in [-0.2, 0) is 0 Å². The first-order valence-corrected chi connectivity index (χ1v) is 7.18. The molecule has 1 aromatic carbocycles. The lowest BCUT2D eigenvalue weighted by Crippen LogP contribution is -1.93. The fourth-order valence-electron chi connectivity index (χ4n) is 2.29. The molecule has 0 spiro atoms. The average molecular weight is 289 g/mol. The number of thiophene rings is 1. The third kappa shape index (κ3) is 1.90. The van der Waals surface area contributed by atoms with Crippen LogP contribution < -0.4 is 5.73 Å². The fraction of sp³-hybridized carbons (Fsp3) is 0.133. The van der Waals surface area contributed by atoms with Crippen LogP contribution in [0.4, 0.5) is 5.69 Å². The molecule has 96 valence electrons. The molecular formula is C15H13ClN2S. The molecule has 3 rings (SSSR count). The molecule has 3 aromatic rings. The summed E-state index contributed by atoms with van der Waals surface area (Å²) >= 11 is 8.01. The second-order valence-corrected chi connectivity index (χ2v) is 6.14. The van der Waals surface area contributed by atoms with Crippen molar-refractivity contribution in [2.24, 2.45) is 0 Å². The molecule has 0 unspecified atom stereocenters. The number of anilines is 1. The van der Waals surface area contributed by atoms with Gasteiger partial charge in [-0.05, 0) is 25.5 Å². The lowest BCUT2D eigenvalue weighted by atomic mass is 9.99. The van der Waals surface area contributed by atoms with Crippen molar-refractivity contribution in [3.05, 3.63) is 45.9 Å². The molecule has 2 aromatic heterocycles. The minimum atomic E-state index is 0.668. The first-order chi connectivity index (χ1) is 9.09. The van der Waals surface area contributed by atoms with Crippen molar-refractivity contribution < 1.29 is 0 Å². The van der Waals surface area contributed by atoms with Crippen LogP contribution in [0.1, 0.15) is 10.4 Å². The summed E-state index contributed by atoms with van der Waals surface area (Å²) in [4.78, 5) is 6.71. The van der Waals surface area contributed by atoms with E-state index in [1.807, 2.05) is 24.3 Å². The Morgan fingerprint density at radius 1 is 1.21 bits per heavy atom. The van der Waals surface area contributed by atoms with Gasteiger partial charge in [0.05, 0.1) is 11.9 Å². The van der Waals surface area contributed by atoms with Gasteiger partial charge in [0.1, 0.15) is 4.83 Å². The van der Waals surface area contributed by atoms with Gasteiger partial charge in [0.2, 0.25) is 0 Å². The van der Waals surface area contributed by atoms with Crippen LogP contribution in [0, 0.1) is 13.8 Å². The van der Waals surface area contributed by atoms with Crippen molar-refractivity contribution in [3.8, 4) is 11.1 Å². The highest BCUT2D eigenvalue weighted by Crippen LogP contribution is 2.41. The van der Waals surface area contributed by atoms with E-state index in [2.05, 4.69) is 18.8 Å². The zero-order valence-electron chi connectivity index (χ0n) is 10.7. The first-order valence-electron chi connectivity index (χ1n) is 5.98. The van der Waals surface area contributed by atoms with Gasteiger partial charge in [-0.1, -0.05) is 29.8 Å². The number of nitrogen functional groups attached to an aromatic ring is 1. The molecule has 2 heterocycles. The van der Waals surface area contributed by atoms with Crippen molar-refractivity contribution in [2.75, 3.05) is 5.73 Å². The van der Waals surface area contributed by atoms with Crippen LogP contribution in [0.15, 0.2) is 30.5 Å². The number of hydrogen-bond acceptors (Lipinski definition) is 3. The number of fused-ring (bicyclic) bond motifs is 1. The van der Waals surface area contributed by atoms with E-state index in [0.717, 1.165) is 21.3 Å². The summed E-state index contributed by atoms with van der Waals surface area (Å²) in [6.07, 6.45) is 1.72. The number of aromatic nitrogens is 1. The lowest BCUT2D eigenvalue weighted by Gasteiger charge is -2.10. The summed E-state index contributed by atoms with van der Waals surface area (Å²) < 4.78 is 0. The standard InChI is InChI=1S/C15H13ClN2S/c1-8-9(2)19-15-13(8)14(12(17)7-18-15)10-5-3-4-6-11(10)16/h3-7H,17H2,1-2H3. The molecule has 0 aliphatic rings. The topological polar surface area (TPSA) is 38.9 Å². The van der Waals surface area contributed by atoms with Crippen LogP contribution in [-0.4, -0.2) is 4.98 Å². The molecule has 0 aliphatic heterocycles. The molecule has 0 bridgehead atoms. The molecule has 19 heavy (non-hydrogen) atoms. The number of halogens is 1. The van der Waals surface area contributed by atoms with Crippen LogP contribution >= 0.6 is 22.9 Å². The van der Waals surface area contributed by atoms with E-state index in [-0.39, 0.29) is 0 Å². The number of hydrogen-bond donors (Lipinski definition) is 1. The van der Waals surface area contributed by atoms with Crippen molar-refractivity contribution in [1.82, 2.24) is 4.98 Å². The third-order valence-corrected chi connectivity index (χ3v) is 4.81. The summed E-state index contributed by atoms with van der Waals surface area (Å²) in [5.41, 5.74) is 10.0. The van der Waals surface area contributed by atoms with Gasteiger partial charge in [-0.15, -0.1) is 11.3 Å². The van der Waals surface area contributed by atoms with Crippen molar-refractivity contribution in [2.45, 2.75) is 13.8 Å². The quantitative estimate of drug-likeness (QED) is 0.697. The Balaban J connectivity index is 2.46. The molecule has 0 fully saturated rings. The Morgan fingerprint density at radius 3 is 2.68 bits per heavy atom. The average Bonchev–Trinajstić information content (AvgIpc) is 2.67. The minimum absolute atomic E-state index is 0.668. The first kappa shape index (κ1) is 12.5. The maximum Gasteiger partial charge on any atom is 0.124 e. The second kappa shape index (κ2) is 4.51. The zero-order chi connectivity index (χ0) is 13.6. The summed E-state index contributed by atoms with van der Waals surface area (Å²) in [5.74, 6) is 0. The van der Waals surface area contributed by atoms with Crippen LogP contribution in [0.25, 0.3) is 21.3 Å². The molecule has 0 saturated carbocycles. The molecule has 0 aliphatic carbocycles. The van der Waals surface area contributed by atoms with Gasteiger partial charge >= 0.3 is 0 Å². The van der Waals surface area contributed by atoms with Gasteiger partial charge in [-0.2, -0.15) is 0 Å². The lowest BCUT2D eigenvalue weighted by molar-refractivity contribution is 1.42. The maximum absolute atomic E-state index is 6.32. The molecule has 4 heteroatoms. The molecule has 0 atom stereocenters. The number of aryl methyl sites for hydroxylation is 2. The summed E-state index contributed by atoms with van der Waals surface area (Å²) in [6, 6.07) is 7.78. The molecule has 0 amide bonds. The molecular weight excluding hydrogens is 276 g/mol. The molecule has 0 radical (unpaired) electrons. The van der Waals surface area contributed by atoms with E-state index in [9.17, 15) is 0 Å². The molecule has 2 nitrogen and oxygen atoms in total. The zero-order valence-corrected chi connectivity index (χ0v) is 12.3. The summed E-state index contributed by atoms with van der Waals surface area (Å²) in [5, 5.41) is 1.83. The number of nitrogens with two attached hydrogens (primary N) is 1. The monoisotopic (exact) mass is 288 g/mol. The van der Waals surface area contributed by atoms with Gasteiger partial charge < -0.3 is 5.73 Å². The normalized spacial score (nSPS) is 11.1. The van der Waals surface area contributed by atoms with Crippen molar-refractivity contribution >= 4 is 38.8 Å². The third-order valence-electron chi connectivity index (χ3n) is 3.37. The largest absolute Gasteiger partial charge is 0.397 e. The SMILES string of the molecule is Cc1sc2ncc(N)c(-c3ccccc3Cl)c2c1C. The Kier molecular flexibility index (Phi) is 2.96. The van der Waals surface area contributed by atoms with Gasteiger partial charge in [0, 0.05) is 26.4 Å². The predicted octanol–water partition coefficient (Wildman–Crippen LogP) is 4.82. The van der Waals surface area contributed by atoms with Crippen molar-refractivity contribution in [1.29, 1.82) is 0 Å². The van der Waals surface area contributed by atoms with Crippen molar-refractivity contribution in [3.63, 3.8) is 0 Å². The highest BCUT2D eigenvalue weighted by Gasteiger charge is 2.16. The number of benzene rings is 1. The van der Waals surface area contributed by atoms with E-state index in [1.54, 1.807) is 17.5 Å². The predicted molar refractivity (Wildman–Crippen MR) is 84.0 cm³/mol. The van der Waals surface area contributed by atoms with E-state index in [4.69, 9.17) is 17.3 Å². The highest BCUT2D eigenvalue weighted by molar-refractivity contribution is 7.18. The maximum atomic E-state index is 6.32. The molecule has 0 saturated heterocycles. The summed E-state index contributed by atoms with van der Waals surface area (Å²) in [7, 11) is 0. The van der Waals surface area contributed by atoms with E-state index in [0.29, 0.717) is 10.7 Å². The Hall–Kier alpha value is -1.58. The fourth-order valence-corrected chi connectivity index (χ4v) is 3.52. The van der Waals surface area contributed by atoms with Gasteiger partial charge in [-0.25, -0.2) is 4.98 Å². The Labute approximate surface area is 120 Å².